The van der Waals surface area contributed by atoms with Gasteiger partial charge in [-0.2, -0.15) is 0 Å². The van der Waals surface area contributed by atoms with Gasteiger partial charge in [-0.3, -0.25) is 4.90 Å². The maximum atomic E-state index is 12.0. The van der Waals surface area contributed by atoms with Gasteiger partial charge in [0.2, 0.25) is 0 Å². The molecule has 1 aliphatic rings. The Bertz CT molecular complexity index is 679. The average Bonchev–Trinajstić information content (AvgIpc) is 2.69. The van der Waals surface area contributed by atoms with Gasteiger partial charge in [-0.05, 0) is 42.8 Å². The van der Waals surface area contributed by atoms with Crippen LogP contribution in [-0.2, 0) is 6.54 Å². The van der Waals surface area contributed by atoms with Crippen LogP contribution in [0.3, 0.4) is 0 Å². The van der Waals surface area contributed by atoms with Gasteiger partial charge in [-0.25, -0.2) is 4.79 Å². The number of piperazine rings is 1. The number of anilines is 2. The topological polar surface area (TPSA) is 47.6 Å². The van der Waals surface area contributed by atoms with Crippen molar-refractivity contribution in [3.63, 3.8) is 0 Å². The summed E-state index contributed by atoms with van der Waals surface area (Å²) in [5.41, 5.74) is 3.11. The highest BCUT2D eigenvalue weighted by Gasteiger charge is 2.16. The van der Waals surface area contributed by atoms with Gasteiger partial charge in [0.1, 0.15) is 0 Å². The number of carbonyl (C=O) groups excluding carboxylic acids is 1. The molecule has 0 spiro atoms. The monoisotopic (exact) mass is 352 g/mol. The number of nitrogens with one attached hydrogen (secondary N) is 2. The molecule has 2 aromatic carbocycles. The Morgan fingerprint density at radius 3 is 2.31 bits per heavy atom. The Morgan fingerprint density at radius 2 is 1.65 bits per heavy atom. The summed E-state index contributed by atoms with van der Waals surface area (Å²) >= 11 is 0. The first-order valence-corrected chi connectivity index (χ1v) is 9.41. The molecule has 0 unspecified atom stereocenters. The Labute approximate surface area is 156 Å². The maximum Gasteiger partial charge on any atom is 0.319 e. The number of nitrogens with zero attached hydrogens (tertiary/aromatic N) is 2. The molecule has 1 fully saturated rings. The predicted octanol–water partition coefficient (Wildman–Crippen LogP) is 3.54. The first kappa shape index (κ1) is 18.3. The lowest BCUT2D eigenvalue weighted by Crippen LogP contribution is -2.46. The molecule has 0 atom stereocenters. The number of amides is 2. The minimum Gasteiger partial charge on any atom is -0.369 e. The van der Waals surface area contributed by atoms with Crippen LogP contribution in [0, 0.1) is 0 Å². The zero-order valence-electron chi connectivity index (χ0n) is 15.4. The standard InChI is InChI=1S/C21H28N4O/c1-2-12-24-13-15-25(16-14-24)20-10-8-19(9-11-20)23-21(26)22-17-18-6-4-3-5-7-18/h3-11H,2,12-17H2,1H3,(H2,22,23,26). The second-order valence-electron chi connectivity index (χ2n) is 6.67. The smallest absolute Gasteiger partial charge is 0.319 e. The zero-order valence-corrected chi connectivity index (χ0v) is 15.4. The lowest BCUT2D eigenvalue weighted by molar-refractivity contribution is 0.251. The molecule has 1 aliphatic heterocycles. The summed E-state index contributed by atoms with van der Waals surface area (Å²) in [5, 5.41) is 5.77. The second-order valence-corrected chi connectivity index (χ2v) is 6.67. The van der Waals surface area contributed by atoms with Gasteiger partial charge >= 0.3 is 6.03 Å². The third-order valence-corrected chi connectivity index (χ3v) is 4.70. The van der Waals surface area contributed by atoms with E-state index in [0.717, 1.165) is 37.4 Å². The van der Waals surface area contributed by atoms with E-state index in [1.807, 2.05) is 42.5 Å². The molecular weight excluding hydrogens is 324 g/mol. The molecule has 26 heavy (non-hydrogen) atoms. The largest absolute Gasteiger partial charge is 0.369 e. The number of hydrogen-bond donors (Lipinski definition) is 2. The fourth-order valence-electron chi connectivity index (χ4n) is 3.25. The first-order chi connectivity index (χ1) is 12.7. The Balaban J connectivity index is 1.46. The molecule has 0 aromatic heterocycles. The minimum absolute atomic E-state index is 0.185. The molecule has 2 amide bonds. The van der Waals surface area contributed by atoms with E-state index in [9.17, 15) is 4.79 Å². The van der Waals surface area contributed by atoms with Crippen molar-refractivity contribution in [2.45, 2.75) is 19.9 Å². The molecule has 0 saturated carbocycles. The van der Waals surface area contributed by atoms with Crippen LogP contribution in [0.25, 0.3) is 0 Å². The maximum absolute atomic E-state index is 12.0. The van der Waals surface area contributed by atoms with E-state index < -0.39 is 0 Å². The predicted molar refractivity (Wildman–Crippen MR) is 108 cm³/mol. The summed E-state index contributed by atoms with van der Waals surface area (Å²) < 4.78 is 0. The first-order valence-electron chi connectivity index (χ1n) is 9.41. The molecule has 0 radical (unpaired) electrons. The molecular formula is C21H28N4O. The lowest BCUT2D eigenvalue weighted by atomic mass is 10.2. The molecule has 5 nitrogen and oxygen atoms in total. The summed E-state index contributed by atoms with van der Waals surface area (Å²) in [4.78, 5) is 17.0. The van der Waals surface area contributed by atoms with E-state index in [1.54, 1.807) is 0 Å². The average molecular weight is 352 g/mol. The van der Waals surface area contributed by atoms with E-state index in [4.69, 9.17) is 0 Å². The zero-order chi connectivity index (χ0) is 18.2. The molecule has 1 heterocycles. The number of benzene rings is 2. The molecule has 2 aromatic rings. The van der Waals surface area contributed by atoms with Gasteiger partial charge in [-0.15, -0.1) is 0 Å². The van der Waals surface area contributed by atoms with E-state index >= 15 is 0 Å². The fraction of sp³-hybridized carbons (Fsp3) is 0.381. The normalized spacial score (nSPS) is 14.9. The van der Waals surface area contributed by atoms with E-state index in [2.05, 4.69) is 39.5 Å². The van der Waals surface area contributed by atoms with Crippen LogP contribution in [0.5, 0.6) is 0 Å². The highest BCUT2D eigenvalue weighted by atomic mass is 16.2. The highest BCUT2D eigenvalue weighted by molar-refractivity contribution is 5.89. The molecule has 0 bridgehead atoms. The van der Waals surface area contributed by atoms with Crippen LogP contribution >= 0.6 is 0 Å². The van der Waals surface area contributed by atoms with Gasteiger partial charge in [0.15, 0.2) is 0 Å². The summed E-state index contributed by atoms with van der Waals surface area (Å²) in [6.07, 6.45) is 1.21. The quantitative estimate of drug-likeness (QED) is 0.836. The van der Waals surface area contributed by atoms with Crippen molar-refractivity contribution >= 4 is 17.4 Å². The third-order valence-electron chi connectivity index (χ3n) is 4.70. The van der Waals surface area contributed by atoms with Crippen molar-refractivity contribution in [3.8, 4) is 0 Å². The molecule has 2 N–H and O–H groups in total. The van der Waals surface area contributed by atoms with E-state index in [1.165, 1.54) is 18.7 Å². The Hall–Kier alpha value is -2.53. The van der Waals surface area contributed by atoms with Crippen LogP contribution < -0.4 is 15.5 Å². The number of urea groups is 1. The molecule has 5 heteroatoms. The van der Waals surface area contributed by atoms with Crippen molar-refractivity contribution in [1.82, 2.24) is 10.2 Å². The van der Waals surface area contributed by atoms with Crippen LogP contribution in [0.4, 0.5) is 16.2 Å². The van der Waals surface area contributed by atoms with Gasteiger partial charge in [0.25, 0.3) is 0 Å². The van der Waals surface area contributed by atoms with Crippen molar-refractivity contribution < 1.29 is 4.79 Å². The SMILES string of the molecule is CCCN1CCN(c2ccc(NC(=O)NCc3ccccc3)cc2)CC1. The summed E-state index contributed by atoms with van der Waals surface area (Å²) in [6, 6.07) is 17.8. The number of hydrogen-bond acceptors (Lipinski definition) is 3. The van der Waals surface area contributed by atoms with Gasteiger partial charge in [-0.1, -0.05) is 37.3 Å². The molecule has 3 rings (SSSR count). The summed E-state index contributed by atoms with van der Waals surface area (Å²) in [6.45, 7) is 8.30. The number of rotatable bonds is 6. The van der Waals surface area contributed by atoms with Crippen molar-refractivity contribution in [2.24, 2.45) is 0 Å². The van der Waals surface area contributed by atoms with Crippen LogP contribution in [-0.4, -0.2) is 43.7 Å². The fourth-order valence-corrected chi connectivity index (χ4v) is 3.25. The van der Waals surface area contributed by atoms with Crippen molar-refractivity contribution in [3.05, 3.63) is 60.2 Å². The van der Waals surface area contributed by atoms with Crippen molar-refractivity contribution in [1.29, 1.82) is 0 Å². The molecule has 138 valence electrons. The number of carbonyl (C=O) groups is 1. The van der Waals surface area contributed by atoms with Crippen molar-refractivity contribution in [2.75, 3.05) is 42.9 Å². The summed E-state index contributed by atoms with van der Waals surface area (Å²) in [7, 11) is 0. The van der Waals surface area contributed by atoms with E-state index in [0.29, 0.717) is 6.54 Å². The van der Waals surface area contributed by atoms with Gasteiger partial charge < -0.3 is 15.5 Å². The Kier molecular flexibility index (Phi) is 6.50. The van der Waals surface area contributed by atoms with Crippen LogP contribution in [0.1, 0.15) is 18.9 Å². The second kappa shape index (κ2) is 9.25. The lowest BCUT2D eigenvalue weighted by Gasteiger charge is -2.36. The van der Waals surface area contributed by atoms with Crippen LogP contribution in [0.2, 0.25) is 0 Å². The highest BCUT2D eigenvalue weighted by Crippen LogP contribution is 2.19. The molecule has 1 saturated heterocycles. The van der Waals surface area contributed by atoms with Gasteiger partial charge in [0, 0.05) is 44.1 Å². The van der Waals surface area contributed by atoms with Gasteiger partial charge in [0.05, 0.1) is 0 Å². The minimum atomic E-state index is -0.185. The third kappa shape index (κ3) is 5.23. The molecule has 0 aliphatic carbocycles. The Morgan fingerprint density at radius 1 is 0.962 bits per heavy atom. The van der Waals surface area contributed by atoms with Crippen LogP contribution in [0.15, 0.2) is 54.6 Å². The van der Waals surface area contributed by atoms with E-state index in [-0.39, 0.29) is 6.03 Å². The summed E-state index contributed by atoms with van der Waals surface area (Å²) in [5.74, 6) is 0.